The van der Waals surface area contributed by atoms with E-state index in [-0.39, 0.29) is 0 Å². The third-order valence-electron chi connectivity index (χ3n) is 5.06. The Bertz CT molecular complexity index is 458. The number of ether oxygens (including phenoxy) is 1. The summed E-state index contributed by atoms with van der Waals surface area (Å²) in [6.07, 6.45) is 12.1. The first-order valence-corrected chi connectivity index (χ1v) is 9.15. The highest BCUT2D eigenvalue weighted by Gasteiger charge is 2.20. The predicted molar refractivity (Wildman–Crippen MR) is 93.1 cm³/mol. The van der Waals surface area contributed by atoms with Gasteiger partial charge in [-0.25, -0.2) is 4.79 Å². The maximum Gasteiger partial charge on any atom is 0.335 e. The van der Waals surface area contributed by atoms with Crippen LogP contribution in [0.15, 0.2) is 24.3 Å². The SMILES string of the molecule is CCCCC1CCC(CCCOc2ccc(C(=O)O)cc2)CC1. The zero-order chi connectivity index (χ0) is 16.5. The van der Waals surface area contributed by atoms with Crippen LogP contribution in [0.3, 0.4) is 0 Å². The molecule has 0 unspecified atom stereocenters. The number of carboxylic acids is 1. The number of carbonyl (C=O) groups is 1. The molecular weight excluding hydrogens is 288 g/mol. The second kappa shape index (κ2) is 9.59. The van der Waals surface area contributed by atoms with Gasteiger partial charge >= 0.3 is 5.97 Å². The Labute approximate surface area is 140 Å². The first kappa shape index (κ1) is 17.8. The van der Waals surface area contributed by atoms with Gasteiger partial charge in [0.2, 0.25) is 0 Å². The smallest absolute Gasteiger partial charge is 0.335 e. The third-order valence-corrected chi connectivity index (χ3v) is 5.06. The Hall–Kier alpha value is -1.51. The molecule has 0 saturated heterocycles. The van der Waals surface area contributed by atoms with E-state index in [0.29, 0.717) is 5.56 Å². The van der Waals surface area contributed by atoms with Crippen molar-refractivity contribution in [2.75, 3.05) is 6.61 Å². The lowest BCUT2D eigenvalue weighted by Gasteiger charge is -2.28. The van der Waals surface area contributed by atoms with Crippen LogP contribution in [-0.4, -0.2) is 17.7 Å². The number of aromatic carboxylic acids is 1. The fourth-order valence-corrected chi connectivity index (χ4v) is 3.56. The summed E-state index contributed by atoms with van der Waals surface area (Å²) in [6.45, 7) is 3.00. The normalized spacial score (nSPS) is 21.1. The van der Waals surface area contributed by atoms with Crippen LogP contribution in [0.4, 0.5) is 0 Å². The first-order chi connectivity index (χ1) is 11.2. The molecule has 1 N–H and O–H groups in total. The summed E-state index contributed by atoms with van der Waals surface area (Å²) in [5.74, 6) is 1.73. The van der Waals surface area contributed by atoms with Gasteiger partial charge in [0, 0.05) is 0 Å². The largest absolute Gasteiger partial charge is 0.494 e. The molecule has 3 heteroatoms. The van der Waals surface area contributed by atoms with Crippen LogP contribution in [0, 0.1) is 11.8 Å². The number of unbranched alkanes of at least 4 members (excludes halogenated alkanes) is 1. The molecule has 0 aromatic heterocycles. The molecule has 0 amide bonds. The molecule has 1 aliphatic carbocycles. The summed E-state index contributed by atoms with van der Waals surface area (Å²) in [4.78, 5) is 10.8. The van der Waals surface area contributed by atoms with E-state index in [1.54, 1.807) is 24.3 Å². The third kappa shape index (κ3) is 6.25. The number of benzene rings is 1. The lowest BCUT2D eigenvalue weighted by molar-refractivity contribution is 0.0697. The summed E-state index contributed by atoms with van der Waals surface area (Å²) in [6, 6.07) is 6.66. The molecule has 0 heterocycles. The molecule has 0 radical (unpaired) electrons. The van der Waals surface area contributed by atoms with E-state index in [1.807, 2.05) is 0 Å². The average molecular weight is 318 g/mol. The number of hydrogen-bond donors (Lipinski definition) is 1. The fourth-order valence-electron chi connectivity index (χ4n) is 3.56. The molecular formula is C20H30O3. The zero-order valence-corrected chi connectivity index (χ0v) is 14.3. The maximum atomic E-state index is 10.8. The lowest BCUT2D eigenvalue weighted by atomic mass is 9.78. The second-order valence-electron chi connectivity index (χ2n) is 6.85. The first-order valence-electron chi connectivity index (χ1n) is 9.15. The minimum atomic E-state index is -0.897. The highest BCUT2D eigenvalue weighted by atomic mass is 16.5. The van der Waals surface area contributed by atoms with E-state index in [1.165, 1.54) is 51.4 Å². The molecule has 0 bridgehead atoms. The molecule has 1 aliphatic rings. The quantitative estimate of drug-likeness (QED) is 0.608. The average Bonchev–Trinajstić information content (AvgIpc) is 2.58. The monoisotopic (exact) mass is 318 g/mol. The van der Waals surface area contributed by atoms with Crippen molar-refractivity contribution in [3.05, 3.63) is 29.8 Å². The Morgan fingerprint density at radius 2 is 1.61 bits per heavy atom. The molecule has 2 rings (SSSR count). The molecule has 1 aromatic carbocycles. The van der Waals surface area contributed by atoms with E-state index in [4.69, 9.17) is 9.84 Å². The van der Waals surface area contributed by atoms with E-state index < -0.39 is 5.97 Å². The zero-order valence-electron chi connectivity index (χ0n) is 14.3. The minimum absolute atomic E-state index is 0.303. The standard InChI is InChI=1S/C20H30O3/c1-2-3-5-16-7-9-17(10-8-16)6-4-15-23-19-13-11-18(12-14-19)20(21)22/h11-14,16-17H,2-10,15H2,1H3,(H,21,22). The Morgan fingerprint density at radius 3 is 2.13 bits per heavy atom. The fraction of sp³-hybridized carbons (Fsp3) is 0.650. The molecule has 0 atom stereocenters. The summed E-state index contributed by atoms with van der Waals surface area (Å²) < 4.78 is 5.71. The summed E-state index contributed by atoms with van der Waals surface area (Å²) in [5.41, 5.74) is 0.303. The Kier molecular flexibility index (Phi) is 7.44. The van der Waals surface area contributed by atoms with Crippen molar-refractivity contribution in [3.8, 4) is 5.75 Å². The Balaban J connectivity index is 1.58. The Morgan fingerprint density at radius 1 is 1.04 bits per heavy atom. The van der Waals surface area contributed by atoms with Gasteiger partial charge in [0.15, 0.2) is 0 Å². The molecule has 1 saturated carbocycles. The van der Waals surface area contributed by atoms with Gasteiger partial charge in [-0.15, -0.1) is 0 Å². The molecule has 1 aromatic rings. The van der Waals surface area contributed by atoms with Crippen molar-refractivity contribution < 1.29 is 14.6 Å². The molecule has 0 aliphatic heterocycles. The van der Waals surface area contributed by atoms with Crippen molar-refractivity contribution in [2.45, 2.75) is 64.7 Å². The van der Waals surface area contributed by atoms with Gasteiger partial charge in [-0.05, 0) is 48.9 Å². The number of carboxylic acid groups (broad SMARTS) is 1. The summed E-state index contributed by atoms with van der Waals surface area (Å²) >= 11 is 0. The molecule has 128 valence electrons. The van der Waals surface area contributed by atoms with E-state index in [0.717, 1.165) is 30.6 Å². The number of hydrogen-bond acceptors (Lipinski definition) is 2. The van der Waals surface area contributed by atoms with Crippen LogP contribution in [0.2, 0.25) is 0 Å². The van der Waals surface area contributed by atoms with Gasteiger partial charge in [-0.1, -0.05) is 51.9 Å². The molecule has 23 heavy (non-hydrogen) atoms. The van der Waals surface area contributed by atoms with E-state index in [9.17, 15) is 4.79 Å². The molecule has 0 spiro atoms. The molecule has 3 nitrogen and oxygen atoms in total. The van der Waals surface area contributed by atoms with Crippen molar-refractivity contribution in [3.63, 3.8) is 0 Å². The number of rotatable bonds is 9. The lowest BCUT2D eigenvalue weighted by Crippen LogP contribution is -2.15. The van der Waals surface area contributed by atoms with Crippen molar-refractivity contribution in [1.82, 2.24) is 0 Å². The maximum absolute atomic E-state index is 10.8. The topological polar surface area (TPSA) is 46.5 Å². The van der Waals surface area contributed by atoms with Crippen LogP contribution in [0.25, 0.3) is 0 Å². The van der Waals surface area contributed by atoms with Crippen LogP contribution in [0.1, 0.15) is 75.1 Å². The highest BCUT2D eigenvalue weighted by molar-refractivity contribution is 5.87. The van der Waals surface area contributed by atoms with Crippen molar-refractivity contribution in [2.24, 2.45) is 11.8 Å². The highest BCUT2D eigenvalue weighted by Crippen LogP contribution is 2.34. The van der Waals surface area contributed by atoms with E-state index in [2.05, 4.69) is 6.92 Å². The van der Waals surface area contributed by atoms with Gasteiger partial charge in [-0.2, -0.15) is 0 Å². The van der Waals surface area contributed by atoms with E-state index >= 15 is 0 Å². The molecule has 1 fully saturated rings. The van der Waals surface area contributed by atoms with Gasteiger partial charge < -0.3 is 9.84 Å². The van der Waals surface area contributed by atoms with Gasteiger partial charge in [0.25, 0.3) is 0 Å². The second-order valence-corrected chi connectivity index (χ2v) is 6.85. The van der Waals surface area contributed by atoms with Gasteiger partial charge in [-0.3, -0.25) is 0 Å². The van der Waals surface area contributed by atoms with Crippen molar-refractivity contribution in [1.29, 1.82) is 0 Å². The van der Waals surface area contributed by atoms with Crippen LogP contribution in [0.5, 0.6) is 5.75 Å². The van der Waals surface area contributed by atoms with Crippen LogP contribution >= 0.6 is 0 Å². The van der Waals surface area contributed by atoms with Crippen molar-refractivity contribution >= 4 is 5.97 Å². The van der Waals surface area contributed by atoms with Crippen LogP contribution in [-0.2, 0) is 0 Å². The summed E-state index contributed by atoms with van der Waals surface area (Å²) in [5, 5.41) is 8.86. The minimum Gasteiger partial charge on any atom is -0.494 e. The van der Waals surface area contributed by atoms with Crippen LogP contribution < -0.4 is 4.74 Å². The predicted octanol–water partition coefficient (Wildman–Crippen LogP) is 5.54. The van der Waals surface area contributed by atoms with Gasteiger partial charge in [0.05, 0.1) is 12.2 Å². The summed E-state index contributed by atoms with van der Waals surface area (Å²) in [7, 11) is 0. The van der Waals surface area contributed by atoms with Gasteiger partial charge in [0.1, 0.15) is 5.75 Å².